The SMILES string of the molecule is O=C(Nc1n[nH]c2c(Cl)cccc12)c1ccccc1Br. The zero-order valence-electron chi connectivity index (χ0n) is 10.2. The van der Waals surface area contributed by atoms with E-state index in [0.29, 0.717) is 21.9 Å². The van der Waals surface area contributed by atoms with Crippen molar-refractivity contribution in [3.8, 4) is 0 Å². The molecule has 0 fully saturated rings. The second-order valence-corrected chi connectivity index (χ2v) is 5.43. The molecule has 0 aliphatic carbocycles. The number of aromatic amines is 1. The Bertz CT molecular complexity index is 800. The van der Waals surface area contributed by atoms with Crippen LogP contribution in [0.1, 0.15) is 10.4 Å². The molecule has 6 heteroatoms. The molecule has 0 radical (unpaired) electrons. The van der Waals surface area contributed by atoms with Gasteiger partial charge in [0.2, 0.25) is 0 Å². The topological polar surface area (TPSA) is 57.8 Å². The molecular weight excluding hydrogens is 342 g/mol. The first-order valence-electron chi connectivity index (χ1n) is 5.85. The van der Waals surface area contributed by atoms with Crippen LogP contribution >= 0.6 is 27.5 Å². The summed E-state index contributed by atoms with van der Waals surface area (Å²) in [6, 6.07) is 12.6. The van der Waals surface area contributed by atoms with Gasteiger partial charge in [0, 0.05) is 9.86 Å². The Hall–Kier alpha value is -1.85. The maximum atomic E-state index is 12.2. The number of benzene rings is 2. The lowest BCUT2D eigenvalue weighted by Crippen LogP contribution is -2.12. The van der Waals surface area contributed by atoms with Gasteiger partial charge in [-0.1, -0.05) is 29.8 Å². The summed E-state index contributed by atoms with van der Waals surface area (Å²) < 4.78 is 0.732. The Balaban J connectivity index is 1.96. The highest BCUT2D eigenvalue weighted by molar-refractivity contribution is 9.10. The van der Waals surface area contributed by atoms with Crippen molar-refractivity contribution in [2.75, 3.05) is 5.32 Å². The second kappa shape index (κ2) is 5.26. The van der Waals surface area contributed by atoms with Crippen molar-refractivity contribution in [3.63, 3.8) is 0 Å². The number of carbonyl (C=O) groups is 1. The molecular formula is C14H9BrClN3O. The molecule has 2 aromatic carbocycles. The first kappa shape index (κ1) is 13.1. The number of anilines is 1. The van der Waals surface area contributed by atoms with Crippen molar-refractivity contribution in [1.29, 1.82) is 0 Å². The number of amides is 1. The largest absolute Gasteiger partial charge is 0.305 e. The van der Waals surface area contributed by atoms with Crippen molar-refractivity contribution < 1.29 is 4.79 Å². The van der Waals surface area contributed by atoms with E-state index in [-0.39, 0.29) is 5.91 Å². The van der Waals surface area contributed by atoms with E-state index < -0.39 is 0 Å². The number of rotatable bonds is 2. The first-order chi connectivity index (χ1) is 9.66. The Kier molecular flexibility index (Phi) is 3.46. The van der Waals surface area contributed by atoms with Gasteiger partial charge in [-0.2, -0.15) is 5.10 Å². The fraction of sp³-hybridized carbons (Fsp3) is 0. The molecule has 20 heavy (non-hydrogen) atoms. The molecule has 0 saturated carbocycles. The third-order valence-electron chi connectivity index (χ3n) is 2.90. The smallest absolute Gasteiger partial charge is 0.258 e. The number of hydrogen-bond acceptors (Lipinski definition) is 2. The molecule has 4 nitrogen and oxygen atoms in total. The first-order valence-corrected chi connectivity index (χ1v) is 7.02. The van der Waals surface area contributed by atoms with Gasteiger partial charge >= 0.3 is 0 Å². The van der Waals surface area contributed by atoms with Gasteiger partial charge < -0.3 is 5.32 Å². The van der Waals surface area contributed by atoms with E-state index in [1.807, 2.05) is 24.3 Å². The minimum absolute atomic E-state index is 0.231. The molecule has 3 rings (SSSR count). The monoisotopic (exact) mass is 349 g/mol. The Morgan fingerprint density at radius 2 is 2.00 bits per heavy atom. The van der Waals surface area contributed by atoms with Gasteiger partial charge in [-0.05, 0) is 40.2 Å². The van der Waals surface area contributed by atoms with Crippen LogP contribution in [0.2, 0.25) is 5.02 Å². The average molecular weight is 351 g/mol. The van der Waals surface area contributed by atoms with Crippen molar-refractivity contribution >= 4 is 50.2 Å². The highest BCUT2D eigenvalue weighted by atomic mass is 79.9. The van der Waals surface area contributed by atoms with Gasteiger partial charge in [0.25, 0.3) is 5.91 Å². The lowest BCUT2D eigenvalue weighted by atomic mass is 10.2. The van der Waals surface area contributed by atoms with Crippen LogP contribution in [0.15, 0.2) is 46.9 Å². The molecule has 3 aromatic rings. The summed E-state index contributed by atoms with van der Waals surface area (Å²) in [5.41, 5.74) is 1.25. The number of halogens is 2. The fourth-order valence-electron chi connectivity index (χ4n) is 1.92. The Morgan fingerprint density at radius 3 is 2.80 bits per heavy atom. The predicted octanol–water partition coefficient (Wildman–Crippen LogP) is 4.23. The molecule has 0 aliphatic rings. The number of aromatic nitrogens is 2. The van der Waals surface area contributed by atoms with Crippen molar-refractivity contribution in [2.24, 2.45) is 0 Å². The highest BCUT2D eigenvalue weighted by Gasteiger charge is 2.14. The summed E-state index contributed by atoms with van der Waals surface area (Å²) in [7, 11) is 0. The molecule has 1 aromatic heterocycles. The summed E-state index contributed by atoms with van der Waals surface area (Å²) in [5.74, 6) is 0.231. The molecule has 2 N–H and O–H groups in total. The summed E-state index contributed by atoms with van der Waals surface area (Å²) in [4.78, 5) is 12.2. The van der Waals surface area contributed by atoms with Crippen molar-refractivity contribution in [3.05, 3.63) is 57.5 Å². The Labute approximate surface area is 128 Å². The third-order valence-corrected chi connectivity index (χ3v) is 3.91. The van der Waals surface area contributed by atoms with E-state index in [0.717, 1.165) is 9.86 Å². The molecule has 1 amide bonds. The lowest BCUT2D eigenvalue weighted by molar-refractivity contribution is 0.102. The van der Waals surface area contributed by atoms with Gasteiger partial charge in [0.15, 0.2) is 5.82 Å². The standard InChI is InChI=1S/C14H9BrClN3O/c15-10-6-2-1-4-8(10)14(20)17-13-9-5-3-7-11(16)12(9)18-19-13/h1-7H,(H2,17,18,19,20). The van der Waals surface area contributed by atoms with Crippen LogP contribution in [0.4, 0.5) is 5.82 Å². The third kappa shape index (κ3) is 2.30. The van der Waals surface area contributed by atoms with Crippen LogP contribution < -0.4 is 5.32 Å². The van der Waals surface area contributed by atoms with Crippen molar-refractivity contribution in [2.45, 2.75) is 0 Å². The van der Waals surface area contributed by atoms with E-state index in [2.05, 4.69) is 31.4 Å². The minimum atomic E-state index is -0.231. The van der Waals surface area contributed by atoms with E-state index in [1.165, 1.54) is 0 Å². The zero-order chi connectivity index (χ0) is 14.1. The van der Waals surface area contributed by atoms with E-state index in [4.69, 9.17) is 11.6 Å². The maximum absolute atomic E-state index is 12.2. The second-order valence-electron chi connectivity index (χ2n) is 4.17. The summed E-state index contributed by atoms with van der Waals surface area (Å²) in [6.45, 7) is 0. The molecule has 0 saturated heterocycles. The summed E-state index contributed by atoms with van der Waals surface area (Å²) >= 11 is 9.41. The van der Waals surface area contributed by atoms with Crippen molar-refractivity contribution in [1.82, 2.24) is 10.2 Å². The van der Waals surface area contributed by atoms with Crippen LogP contribution in [0.3, 0.4) is 0 Å². The molecule has 100 valence electrons. The predicted molar refractivity (Wildman–Crippen MR) is 83.2 cm³/mol. The van der Waals surface area contributed by atoms with Crippen LogP contribution in [0.5, 0.6) is 0 Å². The number of para-hydroxylation sites is 1. The molecule has 0 bridgehead atoms. The van der Waals surface area contributed by atoms with E-state index >= 15 is 0 Å². The highest BCUT2D eigenvalue weighted by Crippen LogP contribution is 2.27. The Morgan fingerprint density at radius 1 is 1.20 bits per heavy atom. The molecule has 0 atom stereocenters. The number of carbonyl (C=O) groups excluding carboxylic acids is 1. The minimum Gasteiger partial charge on any atom is -0.305 e. The molecule has 0 unspecified atom stereocenters. The normalized spacial score (nSPS) is 10.7. The van der Waals surface area contributed by atoms with Crippen LogP contribution in [-0.4, -0.2) is 16.1 Å². The number of nitrogens with one attached hydrogen (secondary N) is 2. The number of H-pyrrole nitrogens is 1. The summed E-state index contributed by atoms with van der Waals surface area (Å²) in [5, 5.41) is 11.0. The van der Waals surface area contributed by atoms with E-state index in [9.17, 15) is 4.79 Å². The summed E-state index contributed by atoms with van der Waals surface area (Å²) in [6.07, 6.45) is 0. The number of hydrogen-bond donors (Lipinski definition) is 2. The van der Waals surface area contributed by atoms with Gasteiger partial charge in [0.05, 0.1) is 16.1 Å². The molecule has 0 aliphatic heterocycles. The molecule has 1 heterocycles. The van der Waals surface area contributed by atoms with E-state index in [1.54, 1.807) is 18.2 Å². The van der Waals surface area contributed by atoms with Crippen LogP contribution in [0, 0.1) is 0 Å². The van der Waals surface area contributed by atoms with Crippen LogP contribution in [0.25, 0.3) is 10.9 Å². The quantitative estimate of drug-likeness (QED) is 0.726. The number of fused-ring (bicyclic) bond motifs is 1. The molecule has 0 spiro atoms. The number of nitrogens with zero attached hydrogens (tertiary/aromatic N) is 1. The lowest BCUT2D eigenvalue weighted by Gasteiger charge is -2.04. The van der Waals surface area contributed by atoms with Gasteiger partial charge in [-0.15, -0.1) is 0 Å². The van der Waals surface area contributed by atoms with Gasteiger partial charge in [0.1, 0.15) is 0 Å². The average Bonchev–Trinajstić information content (AvgIpc) is 2.84. The maximum Gasteiger partial charge on any atom is 0.258 e. The van der Waals surface area contributed by atoms with Gasteiger partial charge in [-0.3, -0.25) is 9.89 Å². The zero-order valence-corrected chi connectivity index (χ0v) is 12.5. The van der Waals surface area contributed by atoms with Crippen LogP contribution in [-0.2, 0) is 0 Å². The van der Waals surface area contributed by atoms with Gasteiger partial charge in [-0.25, -0.2) is 0 Å². The fourth-order valence-corrected chi connectivity index (χ4v) is 2.60.